The van der Waals surface area contributed by atoms with Crippen molar-refractivity contribution in [3.8, 4) is 0 Å². The fraction of sp³-hybridized carbons (Fsp3) is 0.800. The van der Waals surface area contributed by atoms with Gasteiger partial charge in [0.2, 0.25) is 0 Å². The van der Waals surface area contributed by atoms with Crippen LogP contribution in [0, 0.1) is 0 Å². The molecule has 19 heavy (non-hydrogen) atoms. The van der Waals surface area contributed by atoms with E-state index >= 15 is 0 Å². The van der Waals surface area contributed by atoms with Crippen LogP contribution in [-0.2, 0) is 19.5 Å². The van der Waals surface area contributed by atoms with Gasteiger partial charge in [0.1, 0.15) is 0 Å². The summed E-state index contributed by atoms with van der Waals surface area (Å²) in [5, 5.41) is 4.63. The molecule has 0 radical (unpaired) electrons. The quantitative estimate of drug-likeness (QED) is 0.786. The van der Waals surface area contributed by atoms with Crippen molar-refractivity contribution >= 4 is 0 Å². The van der Waals surface area contributed by atoms with Crippen molar-refractivity contribution in [2.45, 2.75) is 66.1 Å². The van der Waals surface area contributed by atoms with Gasteiger partial charge in [-0.3, -0.25) is 9.58 Å². The van der Waals surface area contributed by atoms with Crippen LogP contribution < -0.4 is 5.73 Å². The maximum absolute atomic E-state index is 5.93. The van der Waals surface area contributed by atoms with Crippen molar-refractivity contribution in [3.63, 3.8) is 0 Å². The Kier molecular flexibility index (Phi) is 6.01. The first-order valence-electron chi connectivity index (χ1n) is 7.49. The highest BCUT2D eigenvalue weighted by atomic mass is 15.3. The lowest BCUT2D eigenvalue weighted by Crippen LogP contribution is -2.49. The predicted molar refractivity (Wildman–Crippen MR) is 81.1 cm³/mol. The van der Waals surface area contributed by atoms with Gasteiger partial charge in [0.15, 0.2) is 0 Å². The second-order valence-corrected chi connectivity index (χ2v) is 5.73. The van der Waals surface area contributed by atoms with Crippen molar-refractivity contribution in [3.05, 3.63) is 17.5 Å². The van der Waals surface area contributed by atoms with Gasteiger partial charge >= 0.3 is 0 Å². The van der Waals surface area contributed by atoms with Gasteiger partial charge in [-0.05, 0) is 46.2 Å². The van der Waals surface area contributed by atoms with Crippen molar-refractivity contribution in [2.75, 3.05) is 13.1 Å². The lowest BCUT2D eigenvalue weighted by Gasteiger charge is -2.37. The first-order chi connectivity index (χ1) is 8.98. The van der Waals surface area contributed by atoms with Crippen molar-refractivity contribution in [2.24, 2.45) is 5.73 Å². The van der Waals surface area contributed by atoms with Crippen LogP contribution in [0.2, 0.25) is 0 Å². The predicted octanol–water partition coefficient (Wildman–Crippen LogP) is 2.41. The van der Waals surface area contributed by atoms with Crippen molar-refractivity contribution in [1.29, 1.82) is 0 Å². The van der Waals surface area contributed by atoms with Crippen LogP contribution >= 0.6 is 0 Å². The van der Waals surface area contributed by atoms with Crippen LogP contribution in [0.5, 0.6) is 0 Å². The van der Waals surface area contributed by atoms with E-state index in [1.165, 1.54) is 11.4 Å². The first kappa shape index (κ1) is 16.2. The summed E-state index contributed by atoms with van der Waals surface area (Å²) in [5.74, 6) is 0. The molecule has 0 bridgehead atoms. The number of aromatic nitrogens is 2. The largest absolute Gasteiger partial charge is 0.329 e. The molecule has 110 valence electrons. The van der Waals surface area contributed by atoms with Gasteiger partial charge in [-0.2, -0.15) is 5.10 Å². The van der Waals surface area contributed by atoms with E-state index in [2.05, 4.69) is 55.4 Å². The molecule has 1 rings (SSSR count). The van der Waals surface area contributed by atoms with E-state index in [4.69, 9.17) is 5.73 Å². The molecule has 0 aromatic carbocycles. The normalized spacial score (nSPS) is 12.4. The number of aryl methyl sites for hydroxylation is 2. The number of hydrogen-bond acceptors (Lipinski definition) is 3. The zero-order valence-electron chi connectivity index (χ0n) is 13.2. The lowest BCUT2D eigenvalue weighted by atomic mass is 10.0. The lowest BCUT2D eigenvalue weighted by molar-refractivity contribution is 0.114. The molecule has 0 aliphatic carbocycles. The van der Waals surface area contributed by atoms with Crippen LogP contribution in [0.25, 0.3) is 0 Å². The second kappa shape index (κ2) is 7.06. The van der Waals surface area contributed by atoms with Gasteiger partial charge in [-0.1, -0.05) is 13.8 Å². The molecular formula is C15H30N4. The molecule has 0 aliphatic heterocycles. The Labute approximate surface area is 118 Å². The third kappa shape index (κ3) is 4.05. The van der Waals surface area contributed by atoms with E-state index in [1.54, 1.807) is 0 Å². The number of hydrogen-bond donors (Lipinski definition) is 1. The molecule has 0 fully saturated rings. The Bertz CT molecular complexity index is 381. The van der Waals surface area contributed by atoms with Crippen LogP contribution in [0.1, 0.15) is 52.4 Å². The maximum Gasteiger partial charge on any atom is 0.0625 e. The highest BCUT2D eigenvalue weighted by Gasteiger charge is 2.25. The Morgan fingerprint density at radius 1 is 1.32 bits per heavy atom. The topological polar surface area (TPSA) is 47.1 Å². The Balaban J connectivity index is 2.92. The molecule has 1 heterocycles. The number of rotatable bonds is 8. The molecule has 0 atom stereocenters. The minimum absolute atomic E-state index is 0.0330. The average molecular weight is 266 g/mol. The zero-order valence-corrected chi connectivity index (χ0v) is 13.2. The summed E-state index contributed by atoms with van der Waals surface area (Å²) >= 11 is 0. The Morgan fingerprint density at radius 3 is 2.47 bits per heavy atom. The van der Waals surface area contributed by atoms with Gasteiger partial charge in [-0.25, -0.2) is 0 Å². The van der Waals surface area contributed by atoms with Crippen LogP contribution in [0.4, 0.5) is 0 Å². The highest BCUT2D eigenvalue weighted by molar-refractivity contribution is 5.11. The summed E-state index contributed by atoms with van der Waals surface area (Å²) in [4.78, 5) is 2.47. The fourth-order valence-corrected chi connectivity index (χ4v) is 2.28. The Hall–Kier alpha value is -0.870. The van der Waals surface area contributed by atoms with E-state index < -0.39 is 0 Å². The van der Waals surface area contributed by atoms with E-state index in [0.29, 0.717) is 6.54 Å². The second-order valence-electron chi connectivity index (χ2n) is 5.73. The van der Waals surface area contributed by atoms with Crippen molar-refractivity contribution in [1.82, 2.24) is 14.7 Å². The van der Waals surface area contributed by atoms with Gasteiger partial charge < -0.3 is 5.73 Å². The summed E-state index contributed by atoms with van der Waals surface area (Å²) < 4.78 is 2.12. The monoisotopic (exact) mass is 266 g/mol. The summed E-state index contributed by atoms with van der Waals surface area (Å²) in [6.45, 7) is 14.6. The maximum atomic E-state index is 5.93. The molecule has 0 saturated carbocycles. The zero-order chi connectivity index (χ0) is 14.5. The molecule has 0 saturated heterocycles. The van der Waals surface area contributed by atoms with Gasteiger partial charge in [-0.15, -0.1) is 0 Å². The standard InChI is InChI=1S/C15H30N4/c1-6-9-18(15(4,5)12-16)11-14-10-13(7-2)17-19(14)8-3/h10H,6-9,11-12,16H2,1-5H3. The minimum Gasteiger partial charge on any atom is -0.329 e. The molecular weight excluding hydrogens is 236 g/mol. The molecule has 0 unspecified atom stereocenters. The molecule has 1 aromatic heterocycles. The number of nitrogens with zero attached hydrogens (tertiary/aromatic N) is 3. The van der Waals surface area contributed by atoms with Gasteiger partial charge in [0, 0.05) is 25.2 Å². The average Bonchev–Trinajstić information content (AvgIpc) is 2.80. The van der Waals surface area contributed by atoms with E-state index in [9.17, 15) is 0 Å². The summed E-state index contributed by atoms with van der Waals surface area (Å²) in [6.07, 6.45) is 2.14. The van der Waals surface area contributed by atoms with Gasteiger partial charge in [0.25, 0.3) is 0 Å². The third-order valence-electron chi connectivity index (χ3n) is 3.78. The van der Waals surface area contributed by atoms with Gasteiger partial charge in [0.05, 0.1) is 11.4 Å². The molecule has 4 heteroatoms. The fourth-order valence-electron chi connectivity index (χ4n) is 2.28. The van der Waals surface area contributed by atoms with E-state index in [-0.39, 0.29) is 5.54 Å². The summed E-state index contributed by atoms with van der Waals surface area (Å²) in [5.41, 5.74) is 8.44. The van der Waals surface area contributed by atoms with Crippen LogP contribution in [-0.4, -0.2) is 33.3 Å². The minimum atomic E-state index is 0.0330. The Morgan fingerprint density at radius 2 is 2.00 bits per heavy atom. The summed E-state index contributed by atoms with van der Waals surface area (Å²) in [7, 11) is 0. The first-order valence-corrected chi connectivity index (χ1v) is 7.49. The highest BCUT2D eigenvalue weighted by Crippen LogP contribution is 2.18. The smallest absolute Gasteiger partial charge is 0.0625 e. The molecule has 0 spiro atoms. The van der Waals surface area contributed by atoms with Crippen molar-refractivity contribution < 1.29 is 0 Å². The molecule has 1 aromatic rings. The third-order valence-corrected chi connectivity index (χ3v) is 3.78. The van der Waals surface area contributed by atoms with E-state index in [1.807, 2.05) is 0 Å². The molecule has 0 aliphatic rings. The molecule has 0 amide bonds. The SMILES string of the molecule is CCCN(Cc1cc(CC)nn1CC)C(C)(C)CN. The van der Waals surface area contributed by atoms with E-state index in [0.717, 1.165) is 32.5 Å². The number of nitrogens with two attached hydrogens (primary N) is 1. The van der Waals surface area contributed by atoms with Crippen LogP contribution in [0.15, 0.2) is 6.07 Å². The summed E-state index contributed by atoms with van der Waals surface area (Å²) in [6, 6.07) is 2.23. The molecule has 4 nitrogen and oxygen atoms in total. The molecule has 2 N–H and O–H groups in total. The van der Waals surface area contributed by atoms with Crippen LogP contribution in [0.3, 0.4) is 0 Å².